The Kier molecular flexibility index (Phi) is 3.02. The fraction of sp³-hybridized carbons (Fsp3) is 0.0625. The largest absolute Gasteiger partial charge is 0.338 e. The smallest absolute Gasteiger partial charge is 0.187 e. The van der Waals surface area contributed by atoms with Crippen molar-refractivity contribution in [1.29, 1.82) is 0 Å². The summed E-state index contributed by atoms with van der Waals surface area (Å²) in [6.45, 7) is 9.00. The highest BCUT2D eigenvalue weighted by atomic mass is 14.9. The zero-order valence-corrected chi connectivity index (χ0v) is 11.0. The van der Waals surface area contributed by atoms with Crippen molar-refractivity contribution in [3.05, 3.63) is 65.9 Å². The molecule has 0 bridgehead atoms. The van der Waals surface area contributed by atoms with Gasteiger partial charge in [0.1, 0.15) is 5.82 Å². The van der Waals surface area contributed by atoms with Crippen LogP contribution in [0.2, 0.25) is 0 Å². The molecule has 0 fully saturated rings. The molecule has 20 heavy (non-hydrogen) atoms. The summed E-state index contributed by atoms with van der Waals surface area (Å²) >= 11 is 0. The minimum absolute atomic E-state index is 0.628. The van der Waals surface area contributed by atoms with Gasteiger partial charge in [-0.2, -0.15) is 0 Å². The number of aromatic amines is 1. The van der Waals surface area contributed by atoms with Crippen LogP contribution in [0.5, 0.6) is 0 Å². The second-order valence-corrected chi connectivity index (χ2v) is 4.49. The lowest BCUT2D eigenvalue weighted by molar-refractivity contribution is 1.26. The average Bonchev–Trinajstić information content (AvgIpc) is 2.97. The Morgan fingerprint density at radius 1 is 1.10 bits per heavy atom. The molecule has 0 aliphatic heterocycles. The molecule has 0 unspecified atom stereocenters. The molecule has 3 aromatic rings. The normalized spacial score (nSPS) is 10.2. The molecular formula is C16H12N4. The van der Waals surface area contributed by atoms with Gasteiger partial charge in [-0.05, 0) is 18.6 Å². The first kappa shape index (κ1) is 12.1. The number of hydrogen-bond donors (Lipinski definition) is 1. The van der Waals surface area contributed by atoms with E-state index < -0.39 is 0 Å². The van der Waals surface area contributed by atoms with Crippen molar-refractivity contribution in [2.75, 3.05) is 0 Å². The lowest BCUT2D eigenvalue weighted by Crippen LogP contribution is -1.85. The third kappa shape index (κ3) is 2.17. The van der Waals surface area contributed by atoms with Gasteiger partial charge in [-0.25, -0.2) is 9.83 Å². The van der Waals surface area contributed by atoms with Gasteiger partial charge in [-0.1, -0.05) is 24.3 Å². The number of nitrogens with zero attached hydrogens (tertiary/aromatic N) is 3. The molecule has 4 nitrogen and oxygen atoms in total. The summed E-state index contributed by atoms with van der Waals surface area (Å²) in [4.78, 5) is 15.2. The number of nitrogens with one attached hydrogen (secondary N) is 1. The fourth-order valence-electron chi connectivity index (χ4n) is 2.04. The second kappa shape index (κ2) is 4.98. The summed E-state index contributed by atoms with van der Waals surface area (Å²) in [5.74, 6) is 0.791. The second-order valence-electron chi connectivity index (χ2n) is 4.49. The zero-order chi connectivity index (χ0) is 13.9. The van der Waals surface area contributed by atoms with E-state index in [1.54, 1.807) is 18.3 Å². The van der Waals surface area contributed by atoms with Crippen LogP contribution in [0.15, 0.2) is 48.9 Å². The van der Waals surface area contributed by atoms with Gasteiger partial charge in [0.15, 0.2) is 5.69 Å². The Morgan fingerprint density at radius 3 is 2.60 bits per heavy atom. The molecule has 0 spiro atoms. The number of rotatable bonds is 2. The molecule has 2 heterocycles. The summed E-state index contributed by atoms with van der Waals surface area (Å²) in [5.41, 5.74) is 4.73. The van der Waals surface area contributed by atoms with Gasteiger partial charge in [0.2, 0.25) is 0 Å². The van der Waals surface area contributed by atoms with Crippen molar-refractivity contribution in [3.8, 4) is 22.6 Å². The number of hydrogen-bond acceptors (Lipinski definition) is 2. The first-order chi connectivity index (χ1) is 9.78. The van der Waals surface area contributed by atoms with Gasteiger partial charge in [-0.3, -0.25) is 4.98 Å². The molecular weight excluding hydrogens is 248 g/mol. The van der Waals surface area contributed by atoms with Crippen LogP contribution >= 0.6 is 0 Å². The maximum Gasteiger partial charge on any atom is 0.187 e. The molecule has 0 aliphatic rings. The molecule has 0 saturated carbocycles. The lowest BCUT2D eigenvalue weighted by atomic mass is 10.1. The van der Waals surface area contributed by atoms with Crippen LogP contribution in [0, 0.1) is 13.5 Å². The van der Waals surface area contributed by atoms with Crippen LogP contribution in [0.25, 0.3) is 27.5 Å². The Labute approximate surface area is 117 Å². The number of aromatic nitrogens is 3. The highest BCUT2D eigenvalue weighted by molar-refractivity contribution is 5.67. The first-order valence-corrected chi connectivity index (χ1v) is 6.22. The van der Waals surface area contributed by atoms with E-state index in [1.165, 1.54) is 0 Å². The average molecular weight is 260 g/mol. The van der Waals surface area contributed by atoms with E-state index in [4.69, 9.17) is 6.57 Å². The molecule has 0 aliphatic carbocycles. The summed E-state index contributed by atoms with van der Waals surface area (Å²) < 4.78 is 0. The van der Waals surface area contributed by atoms with Crippen LogP contribution in [0.3, 0.4) is 0 Å². The quantitative estimate of drug-likeness (QED) is 0.708. The third-order valence-corrected chi connectivity index (χ3v) is 3.17. The third-order valence-electron chi connectivity index (χ3n) is 3.17. The molecule has 0 radical (unpaired) electrons. The number of imidazole rings is 1. The van der Waals surface area contributed by atoms with E-state index >= 15 is 0 Å². The van der Waals surface area contributed by atoms with Crippen molar-refractivity contribution in [3.63, 3.8) is 0 Å². The summed E-state index contributed by atoms with van der Waals surface area (Å²) in [5, 5.41) is 0. The van der Waals surface area contributed by atoms with Crippen LogP contribution < -0.4 is 0 Å². The van der Waals surface area contributed by atoms with E-state index in [0.717, 1.165) is 28.2 Å². The van der Waals surface area contributed by atoms with E-state index in [9.17, 15) is 0 Å². The van der Waals surface area contributed by atoms with Crippen molar-refractivity contribution in [2.24, 2.45) is 0 Å². The maximum atomic E-state index is 6.95. The number of aryl methyl sites for hydroxylation is 1. The Morgan fingerprint density at radius 2 is 1.90 bits per heavy atom. The molecule has 4 heteroatoms. The van der Waals surface area contributed by atoms with E-state index in [-0.39, 0.29) is 0 Å². The molecule has 1 aromatic carbocycles. The van der Waals surface area contributed by atoms with E-state index in [0.29, 0.717) is 5.69 Å². The predicted molar refractivity (Wildman–Crippen MR) is 78.3 cm³/mol. The number of benzene rings is 1. The molecule has 1 N–H and O–H groups in total. The van der Waals surface area contributed by atoms with Crippen LogP contribution in [0.1, 0.15) is 5.56 Å². The van der Waals surface area contributed by atoms with E-state index in [2.05, 4.69) is 19.8 Å². The maximum absolute atomic E-state index is 6.95. The molecule has 0 saturated heterocycles. The first-order valence-electron chi connectivity index (χ1n) is 6.22. The lowest BCUT2D eigenvalue weighted by Gasteiger charge is -2.01. The van der Waals surface area contributed by atoms with Gasteiger partial charge in [0, 0.05) is 23.5 Å². The van der Waals surface area contributed by atoms with Crippen LogP contribution in [-0.2, 0) is 0 Å². The highest BCUT2D eigenvalue weighted by Gasteiger charge is 2.07. The topological polar surface area (TPSA) is 45.9 Å². The monoisotopic (exact) mass is 260 g/mol. The van der Waals surface area contributed by atoms with Gasteiger partial charge < -0.3 is 4.98 Å². The minimum Gasteiger partial charge on any atom is -0.338 e. The van der Waals surface area contributed by atoms with Crippen molar-refractivity contribution in [1.82, 2.24) is 15.0 Å². The molecule has 96 valence electrons. The molecule has 2 aromatic heterocycles. The minimum atomic E-state index is 0.628. The van der Waals surface area contributed by atoms with Crippen molar-refractivity contribution in [2.45, 2.75) is 6.92 Å². The Bertz CT molecular complexity index is 779. The number of pyridine rings is 1. The molecule has 3 rings (SSSR count). The van der Waals surface area contributed by atoms with Crippen molar-refractivity contribution < 1.29 is 0 Å². The number of H-pyrrole nitrogens is 1. The van der Waals surface area contributed by atoms with Gasteiger partial charge >= 0.3 is 0 Å². The summed E-state index contributed by atoms with van der Waals surface area (Å²) in [7, 11) is 0. The molecule has 0 amide bonds. The van der Waals surface area contributed by atoms with Gasteiger partial charge in [0.05, 0.1) is 18.5 Å². The van der Waals surface area contributed by atoms with Crippen LogP contribution in [0.4, 0.5) is 5.69 Å². The Hall–Kier alpha value is -2.93. The Balaban J connectivity index is 1.98. The summed E-state index contributed by atoms with van der Waals surface area (Å²) in [6.07, 6.45) is 5.41. The fourth-order valence-corrected chi connectivity index (χ4v) is 2.04. The van der Waals surface area contributed by atoms with Crippen molar-refractivity contribution >= 4 is 5.69 Å². The molecule has 0 atom stereocenters. The SMILES string of the molecule is [C-]#[N+]c1ccc(-c2ncc(-c3cnccc3C)[nH]2)cc1. The summed E-state index contributed by atoms with van der Waals surface area (Å²) in [6, 6.07) is 9.35. The zero-order valence-electron chi connectivity index (χ0n) is 11.0. The van der Waals surface area contributed by atoms with E-state index in [1.807, 2.05) is 37.5 Å². The van der Waals surface area contributed by atoms with Gasteiger partial charge in [-0.15, -0.1) is 0 Å². The highest BCUT2D eigenvalue weighted by Crippen LogP contribution is 2.25. The standard InChI is InChI=1S/C16H12N4/c1-11-7-8-18-9-14(11)15-10-19-16(20-15)12-3-5-13(17-2)6-4-12/h3-10H,1H3,(H,19,20). The van der Waals surface area contributed by atoms with Crippen LogP contribution in [-0.4, -0.2) is 15.0 Å². The van der Waals surface area contributed by atoms with Gasteiger partial charge in [0.25, 0.3) is 0 Å². The predicted octanol–water partition coefficient (Wildman–Crippen LogP) is 4.00.